The normalized spacial score (nSPS) is 14.3. The van der Waals surface area contributed by atoms with Crippen molar-refractivity contribution in [1.82, 2.24) is 0 Å². The molecule has 0 aromatic heterocycles. The lowest BCUT2D eigenvalue weighted by Crippen LogP contribution is -2.05. The van der Waals surface area contributed by atoms with Crippen molar-refractivity contribution in [3.05, 3.63) is 101 Å². The highest BCUT2D eigenvalue weighted by atomic mass is 19.1. The van der Waals surface area contributed by atoms with E-state index in [9.17, 15) is 13.6 Å². The highest BCUT2D eigenvalue weighted by Gasteiger charge is 2.24. The van der Waals surface area contributed by atoms with E-state index < -0.39 is 11.8 Å². The van der Waals surface area contributed by atoms with Crippen LogP contribution in [0.25, 0.3) is 6.08 Å². The molecule has 0 spiro atoms. The average molecular weight is 435 g/mol. The number of rotatable bonds is 7. The first-order valence-corrected chi connectivity index (χ1v) is 9.94. The SMILES string of the molecule is CCOc1cc(/C=C2\N=C(c3cccc(F)c3)OC2=O)ccc1OCc1ccc(F)cc1. The molecule has 0 unspecified atom stereocenters. The van der Waals surface area contributed by atoms with E-state index in [4.69, 9.17) is 14.2 Å². The Hall–Kier alpha value is -4.00. The fraction of sp³-hybridized carbons (Fsp3) is 0.120. The molecule has 32 heavy (non-hydrogen) atoms. The molecular formula is C25H19F2NO4. The van der Waals surface area contributed by atoms with E-state index in [2.05, 4.69) is 4.99 Å². The Kier molecular flexibility index (Phi) is 6.26. The van der Waals surface area contributed by atoms with Gasteiger partial charge >= 0.3 is 5.97 Å². The zero-order chi connectivity index (χ0) is 22.5. The van der Waals surface area contributed by atoms with Crippen LogP contribution in [0.1, 0.15) is 23.6 Å². The molecular weight excluding hydrogens is 416 g/mol. The molecule has 1 aliphatic heterocycles. The topological polar surface area (TPSA) is 57.1 Å². The first-order valence-electron chi connectivity index (χ1n) is 9.94. The minimum Gasteiger partial charge on any atom is -0.490 e. The number of aliphatic imine (C=N–C) groups is 1. The first kappa shape index (κ1) is 21.2. The van der Waals surface area contributed by atoms with Gasteiger partial charge in [0.2, 0.25) is 5.90 Å². The van der Waals surface area contributed by atoms with Gasteiger partial charge in [0, 0.05) is 5.56 Å². The van der Waals surface area contributed by atoms with Crippen LogP contribution >= 0.6 is 0 Å². The van der Waals surface area contributed by atoms with Gasteiger partial charge in [0.1, 0.15) is 18.2 Å². The van der Waals surface area contributed by atoms with Crippen LogP contribution in [0.2, 0.25) is 0 Å². The van der Waals surface area contributed by atoms with Gasteiger partial charge in [0.15, 0.2) is 17.2 Å². The van der Waals surface area contributed by atoms with Crippen LogP contribution in [0.4, 0.5) is 8.78 Å². The summed E-state index contributed by atoms with van der Waals surface area (Å²) in [5.41, 5.74) is 1.93. The Morgan fingerprint density at radius 2 is 1.75 bits per heavy atom. The molecule has 0 fully saturated rings. The van der Waals surface area contributed by atoms with Crippen molar-refractivity contribution in [3.63, 3.8) is 0 Å². The predicted molar refractivity (Wildman–Crippen MR) is 115 cm³/mol. The minimum absolute atomic E-state index is 0.0463. The minimum atomic E-state index is -0.626. The predicted octanol–water partition coefficient (Wildman–Crippen LogP) is 5.29. The van der Waals surface area contributed by atoms with E-state index in [1.807, 2.05) is 6.92 Å². The number of carbonyl (C=O) groups is 1. The lowest BCUT2D eigenvalue weighted by Gasteiger charge is -2.13. The van der Waals surface area contributed by atoms with Crippen LogP contribution in [-0.4, -0.2) is 18.5 Å². The molecule has 1 heterocycles. The molecule has 1 aliphatic rings. The molecule has 0 bridgehead atoms. The van der Waals surface area contributed by atoms with Crippen LogP contribution in [0, 0.1) is 11.6 Å². The summed E-state index contributed by atoms with van der Waals surface area (Å²) in [6, 6.07) is 16.9. The molecule has 3 aromatic carbocycles. The van der Waals surface area contributed by atoms with Crippen molar-refractivity contribution in [2.75, 3.05) is 6.61 Å². The summed E-state index contributed by atoms with van der Waals surface area (Å²) in [7, 11) is 0. The van der Waals surface area contributed by atoms with E-state index in [0.29, 0.717) is 29.2 Å². The summed E-state index contributed by atoms with van der Waals surface area (Å²) in [5.74, 6) is -0.337. The number of ether oxygens (including phenoxy) is 3. The number of nitrogens with zero attached hydrogens (tertiary/aromatic N) is 1. The van der Waals surface area contributed by atoms with Crippen molar-refractivity contribution in [2.24, 2.45) is 4.99 Å². The van der Waals surface area contributed by atoms with E-state index >= 15 is 0 Å². The molecule has 0 aliphatic carbocycles. The van der Waals surface area contributed by atoms with Gasteiger partial charge in [-0.05, 0) is 66.6 Å². The number of halogens is 2. The first-order chi connectivity index (χ1) is 15.5. The molecule has 0 saturated carbocycles. The van der Waals surface area contributed by atoms with Crippen LogP contribution < -0.4 is 9.47 Å². The summed E-state index contributed by atoms with van der Waals surface area (Å²) < 4.78 is 43.2. The van der Waals surface area contributed by atoms with Crippen LogP contribution in [-0.2, 0) is 16.1 Å². The second-order valence-electron chi connectivity index (χ2n) is 6.90. The van der Waals surface area contributed by atoms with E-state index in [1.165, 1.54) is 30.3 Å². The van der Waals surface area contributed by atoms with Gasteiger partial charge in [0.25, 0.3) is 0 Å². The molecule has 0 radical (unpaired) electrons. The van der Waals surface area contributed by atoms with Crippen LogP contribution in [0.5, 0.6) is 11.5 Å². The molecule has 7 heteroatoms. The lowest BCUT2D eigenvalue weighted by molar-refractivity contribution is -0.129. The molecule has 0 atom stereocenters. The number of esters is 1. The maximum atomic E-state index is 13.5. The van der Waals surface area contributed by atoms with Crippen LogP contribution in [0.3, 0.4) is 0 Å². The standard InChI is InChI=1S/C25H19F2NO4/c1-2-30-23-13-17(8-11-22(23)31-15-16-6-9-19(26)10-7-16)12-21-25(29)32-24(28-21)18-4-3-5-20(27)14-18/h3-14H,2,15H2,1H3/b21-12-. The van der Waals surface area contributed by atoms with Gasteiger partial charge in [-0.1, -0.05) is 24.3 Å². The zero-order valence-electron chi connectivity index (χ0n) is 17.2. The van der Waals surface area contributed by atoms with E-state index in [-0.39, 0.29) is 24.0 Å². The summed E-state index contributed by atoms with van der Waals surface area (Å²) in [6.07, 6.45) is 1.56. The number of benzene rings is 3. The number of hydrogen-bond donors (Lipinski definition) is 0. The Balaban J connectivity index is 1.55. The van der Waals surface area contributed by atoms with Gasteiger partial charge in [0.05, 0.1) is 6.61 Å². The van der Waals surface area contributed by atoms with Crippen molar-refractivity contribution in [2.45, 2.75) is 13.5 Å². The molecule has 4 rings (SSSR count). The fourth-order valence-corrected chi connectivity index (χ4v) is 3.06. The summed E-state index contributed by atoms with van der Waals surface area (Å²) in [4.78, 5) is 16.4. The quantitative estimate of drug-likeness (QED) is 0.374. The maximum Gasteiger partial charge on any atom is 0.363 e. The second kappa shape index (κ2) is 9.43. The van der Waals surface area contributed by atoms with Gasteiger partial charge in [-0.25, -0.2) is 18.6 Å². The zero-order valence-corrected chi connectivity index (χ0v) is 17.2. The monoisotopic (exact) mass is 435 g/mol. The molecule has 3 aromatic rings. The Bertz CT molecular complexity index is 1200. The number of hydrogen-bond acceptors (Lipinski definition) is 5. The maximum absolute atomic E-state index is 13.5. The Morgan fingerprint density at radius 3 is 2.50 bits per heavy atom. The van der Waals surface area contributed by atoms with Gasteiger partial charge < -0.3 is 14.2 Å². The van der Waals surface area contributed by atoms with E-state index in [1.54, 1.807) is 42.5 Å². The van der Waals surface area contributed by atoms with Crippen molar-refractivity contribution in [3.8, 4) is 11.5 Å². The molecule has 162 valence electrons. The largest absolute Gasteiger partial charge is 0.490 e. The summed E-state index contributed by atoms with van der Waals surface area (Å²) in [5, 5.41) is 0. The third-order valence-electron chi connectivity index (χ3n) is 4.57. The molecule has 0 amide bonds. The Morgan fingerprint density at radius 1 is 0.938 bits per heavy atom. The van der Waals surface area contributed by atoms with Crippen LogP contribution in [0.15, 0.2) is 77.4 Å². The van der Waals surface area contributed by atoms with Gasteiger partial charge in [-0.15, -0.1) is 0 Å². The van der Waals surface area contributed by atoms with Gasteiger partial charge in [-0.2, -0.15) is 0 Å². The molecule has 0 saturated heterocycles. The van der Waals surface area contributed by atoms with Crippen molar-refractivity contribution < 1.29 is 27.8 Å². The lowest BCUT2D eigenvalue weighted by atomic mass is 10.1. The third kappa shape index (κ3) is 5.00. The third-order valence-corrected chi connectivity index (χ3v) is 4.57. The average Bonchev–Trinajstić information content (AvgIpc) is 3.15. The fourth-order valence-electron chi connectivity index (χ4n) is 3.06. The smallest absolute Gasteiger partial charge is 0.363 e. The van der Waals surface area contributed by atoms with Gasteiger partial charge in [-0.3, -0.25) is 0 Å². The van der Waals surface area contributed by atoms with E-state index in [0.717, 1.165) is 5.56 Å². The summed E-state index contributed by atoms with van der Waals surface area (Å²) >= 11 is 0. The van der Waals surface area contributed by atoms with Crippen molar-refractivity contribution in [1.29, 1.82) is 0 Å². The molecule has 0 N–H and O–H groups in total. The summed E-state index contributed by atoms with van der Waals surface area (Å²) in [6.45, 7) is 2.50. The molecule has 5 nitrogen and oxygen atoms in total. The number of cyclic esters (lactones) is 1. The van der Waals surface area contributed by atoms with Crippen molar-refractivity contribution >= 4 is 17.9 Å². The number of carbonyl (C=O) groups excluding carboxylic acids is 1. The highest BCUT2D eigenvalue weighted by molar-refractivity contribution is 6.12. The second-order valence-corrected chi connectivity index (χ2v) is 6.90. The Labute approximate surface area is 183 Å². The highest BCUT2D eigenvalue weighted by Crippen LogP contribution is 2.31.